The van der Waals surface area contributed by atoms with Crippen LogP contribution in [0.3, 0.4) is 0 Å². The maximum atomic E-state index is 12.9. The minimum atomic E-state index is -0.823. The lowest BCUT2D eigenvalue weighted by molar-refractivity contribution is -0.139. The van der Waals surface area contributed by atoms with E-state index in [0.29, 0.717) is 25.4 Å². The molecular formula is C14H27N3O2. The molecule has 0 aliphatic heterocycles. The Kier molecular flexibility index (Phi) is 5.63. The average molecular weight is 269 g/mol. The second kappa shape index (κ2) is 6.78. The summed E-state index contributed by atoms with van der Waals surface area (Å²) in [5.41, 5.74) is 5.07. The van der Waals surface area contributed by atoms with Gasteiger partial charge in [-0.2, -0.15) is 0 Å². The second-order valence-electron chi connectivity index (χ2n) is 5.39. The van der Waals surface area contributed by atoms with Crippen LogP contribution >= 0.6 is 0 Å². The fourth-order valence-corrected chi connectivity index (χ4v) is 2.88. The van der Waals surface area contributed by atoms with Crippen molar-refractivity contribution in [3.63, 3.8) is 0 Å². The van der Waals surface area contributed by atoms with Crippen LogP contribution in [0.25, 0.3) is 0 Å². The van der Waals surface area contributed by atoms with Crippen molar-refractivity contribution in [2.45, 2.75) is 65.3 Å². The van der Waals surface area contributed by atoms with Crippen molar-refractivity contribution in [3.05, 3.63) is 0 Å². The summed E-state index contributed by atoms with van der Waals surface area (Å²) in [5, 5.41) is 12.2. The van der Waals surface area contributed by atoms with E-state index in [1.807, 2.05) is 25.7 Å². The zero-order chi connectivity index (χ0) is 14.5. The van der Waals surface area contributed by atoms with E-state index in [1.54, 1.807) is 0 Å². The number of carbonyl (C=O) groups excluding carboxylic acids is 1. The second-order valence-corrected chi connectivity index (χ2v) is 5.39. The van der Waals surface area contributed by atoms with Crippen LogP contribution in [-0.4, -0.2) is 34.4 Å². The Morgan fingerprint density at radius 2 is 1.84 bits per heavy atom. The third-order valence-corrected chi connectivity index (χ3v) is 3.95. The molecule has 0 aromatic carbocycles. The molecule has 1 fully saturated rings. The first-order valence-corrected chi connectivity index (χ1v) is 7.36. The normalized spacial score (nSPS) is 16.5. The van der Waals surface area contributed by atoms with Gasteiger partial charge in [0.25, 0.3) is 0 Å². The summed E-state index contributed by atoms with van der Waals surface area (Å²) >= 11 is 0. The number of hydrogen-bond acceptors (Lipinski definition) is 3. The zero-order valence-electron chi connectivity index (χ0n) is 12.4. The molecule has 1 saturated carbocycles. The zero-order valence-corrected chi connectivity index (χ0v) is 12.4. The molecule has 1 aliphatic rings. The molecule has 1 aliphatic carbocycles. The number of rotatable bonds is 8. The Balaban J connectivity index is 3.07. The third kappa shape index (κ3) is 3.19. The van der Waals surface area contributed by atoms with E-state index < -0.39 is 5.41 Å². The summed E-state index contributed by atoms with van der Waals surface area (Å²) in [6.45, 7) is 6.73. The SMILES string of the molecule is CCCC(CCC)(C(=O)N(CC)C1CC1)C(N)=NO. The molecule has 0 bridgehead atoms. The van der Waals surface area contributed by atoms with Gasteiger partial charge in [0.05, 0.1) is 0 Å². The Bertz CT molecular complexity index is 332. The Morgan fingerprint density at radius 1 is 1.32 bits per heavy atom. The largest absolute Gasteiger partial charge is 0.409 e. The van der Waals surface area contributed by atoms with Gasteiger partial charge in [-0.25, -0.2) is 0 Å². The number of carbonyl (C=O) groups is 1. The highest BCUT2D eigenvalue weighted by Gasteiger charge is 2.46. The molecule has 0 saturated heterocycles. The van der Waals surface area contributed by atoms with E-state index >= 15 is 0 Å². The van der Waals surface area contributed by atoms with Gasteiger partial charge in [-0.1, -0.05) is 31.8 Å². The molecule has 0 aromatic rings. The number of oxime groups is 1. The van der Waals surface area contributed by atoms with Crippen molar-refractivity contribution in [2.75, 3.05) is 6.54 Å². The quantitative estimate of drug-likeness (QED) is 0.307. The Labute approximate surface area is 115 Å². The molecule has 1 rings (SSSR count). The predicted molar refractivity (Wildman–Crippen MR) is 76.1 cm³/mol. The van der Waals surface area contributed by atoms with Gasteiger partial charge < -0.3 is 15.8 Å². The molecule has 0 unspecified atom stereocenters. The molecule has 1 amide bonds. The lowest BCUT2D eigenvalue weighted by Crippen LogP contribution is -2.52. The molecule has 0 spiro atoms. The van der Waals surface area contributed by atoms with Gasteiger partial charge in [0.2, 0.25) is 5.91 Å². The third-order valence-electron chi connectivity index (χ3n) is 3.95. The highest BCUT2D eigenvalue weighted by molar-refractivity contribution is 6.06. The van der Waals surface area contributed by atoms with Crippen molar-refractivity contribution < 1.29 is 10.0 Å². The van der Waals surface area contributed by atoms with E-state index in [0.717, 1.165) is 25.7 Å². The van der Waals surface area contributed by atoms with Crippen molar-refractivity contribution >= 4 is 11.7 Å². The highest BCUT2D eigenvalue weighted by Crippen LogP contribution is 2.37. The maximum absolute atomic E-state index is 12.9. The lowest BCUT2D eigenvalue weighted by Gasteiger charge is -2.36. The van der Waals surface area contributed by atoms with Crippen LogP contribution in [-0.2, 0) is 4.79 Å². The standard InChI is InChI=1S/C14H27N3O2/c1-4-9-14(10-5-2,12(15)16-19)13(18)17(6-3)11-7-8-11/h11,19H,4-10H2,1-3H3,(H2,15,16). The molecule has 19 heavy (non-hydrogen) atoms. The van der Waals surface area contributed by atoms with E-state index in [4.69, 9.17) is 10.9 Å². The fourth-order valence-electron chi connectivity index (χ4n) is 2.88. The van der Waals surface area contributed by atoms with Crippen molar-refractivity contribution in [2.24, 2.45) is 16.3 Å². The molecule has 0 atom stereocenters. The smallest absolute Gasteiger partial charge is 0.236 e. The summed E-state index contributed by atoms with van der Waals surface area (Å²) in [4.78, 5) is 14.8. The molecule has 0 heterocycles. The van der Waals surface area contributed by atoms with Crippen molar-refractivity contribution in [1.29, 1.82) is 0 Å². The maximum Gasteiger partial charge on any atom is 0.236 e. The summed E-state index contributed by atoms with van der Waals surface area (Å²) in [6.07, 6.45) is 5.10. The number of amidine groups is 1. The van der Waals surface area contributed by atoms with Crippen LogP contribution in [0.5, 0.6) is 0 Å². The first-order chi connectivity index (χ1) is 9.07. The number of amides is 1. The van der Waals surface area contributed by atoms with Gasteiger partial charge in [0, 0.05) is 12.6 Å². The predicted octanol–water partition coefficient (Wildman–Crippen LogP) is 2.33. The summed E-state index contributed by atoms with van der Waals surface area (Å²) in [7, 11) is 0. The Hall–Kier alpha value is -1.26. The van der Waals surface area contributed by atoms with Crippen LogP contribution in [0.1, 0.15) is 59.3 Å². The molecular weight excluding hydrogens is 242 g/mol. The Morgan fingerprint density at radius 3 is 2.16 bits per heavy atom. The topological polar surface area (TPSA) is 78.9 Å². The lowest BCUT2D eigenvalue weighted by atomic mass is 9.76. The minimum Gasteiger partial charge on any atom is -0.409 e. The van der Waals surface area contributed by atoms with Crippen molar-refractivity contribution in [3.8, 4) is 0 Å². The highest BCUT2D eigenvalue weighted by atomic mass is 16.4. The first-order valence-electron chi connectivity index (χ1n) is 7.36. The van der Waals surface area contributed by atoms with Gasteiger partial charge in [0.1, 0.15) is 5.41 Å². The van der Waals surface area contributed by atoms with Crippen LogP contribution in [0.15, 0.2) is 5.16 Å². The van der Waals surface area contributed by atoms with Crippen LogP contribution < -0.4 is 5.73 Å². The monoisotopic (exact) mass is 269 g/mol. The summed E-state index contributed by atoms with van der Waals surface area (Å²) in [5.74, 6) is 0.108. The van der Waals surface area contributed by atoms with E-state index in [9.17, 15) is 4.79 Å². The molecule has 0 radical (unpaired) electrons. The van der Waals surface area contributed by atoms with Gasteiger partial charge in [-0.05, 0) is 32.6 Å². The fraction of sp³-hybridized carbons (Fsp3) is 0.857. The van der Waals surface area contributed by atoms with Gasteiger partial charge in [-0.15, -0.1) is 0 Å². The number of nitrogens with two attached hydrogens (primary N) is 1. The van der Waals surface area contributed by atoms with Crippen LogP contribution in [0, 0.1) is 5.41 Å². The van der Waals surface area contributed by atoms with Gasteiger partial charge >= 0.3 is 0 Å². The number of hydrogen-bond donors (Lipinski definition) is 2. The van der Waals surface area contributed by atoms with E-state index in [2.05, 4.69) is 5.16 Å². The molecule has 3 N–H and O–H groups in total. The van der Waals surface area contributed by atoms with Crippen LogP contribution in [0.4, 0.5) is 0 Å². The summed E-state index contributed by atoms with van der Waals surface area (Å²) < 4.78 is 0. The molecule has 110 valence electrons. The van der Waals surface area contributed by atoms with E-state index in [1.165, 1.54) is 0 Å². The molecule has 0 aromatic heterocycles. The van der Waals surface area contributed by atoms with Gasteiger partial charge in [-0.3, -0.25) is 4.79 Å². The van der Waals surface area contributed by atoms with E-state index in [-0.39, 0.29) is 11.7 Å². The number of nitrogens with zero attached hydrogens (tertiary/aromatic N) is 2. The summed E-state index contributed by atoms with van der Waals surface area (Å²) in [6, 6.07) is 0.358. The average Bonchev–Trinajstić information content (AvgIpc) is 3.22. The van der Waals surface area contributed by atoms with Gasteiger partial charge in [0.15, 0.2) is 5.84 Å². The van der Waals surface area contributed by atoms with Crippen LogP contribution in [0.2, 0.25) is 0 Å². The molecule has 5 heteroatoms. The van der Waals surface area contributed by atoms with Crippen molar-refractivity contribution in [1.82, 2.24) is 4.90 Å². The molecule has 5 nitrogen and oxygen atoms in total. The first kappa shape index (κ1) is 15.8. The minimum absolute atomic E-state index is 0.0384.